The lowest BCUT2D eigenvalue weighted by atomic mass is 10.2. The Kier molecular flexibility index (Phi) is 4.43. The van der Waals surface area contributed by atoms with Crippen LogP contribution in [0.3, 0.4) is 0 Å². The minimum Gasteiger partial charge on any atom is -0.480 e. The third-order valence-electron chi connectivity index (χ3n) is 2.86. The van der Waals surface area contributed by atoms with Gasteiger partial charge in [0.05, 0.1) is 12.6 Å². The van der Waals surface area contributed by atoms with Crippen LogP contribution in [0.15, 0.2) is 15.9 Å². The number of carboxylic acid groups (broad SMARTS) is 1. The number of aliphatic carboxylic acids is 1. The molecule has 1 aliphatic rings. The zero-order valence-corrected chi connectivity index (χ0v) is 12.3. The number of amides is 2. The molecular formula is C11H13BrN2O4S. The molecule has 104 valence electrons. The second-order valence-corrected chi connectivity index (χ2v) is 6.20. The zero-order valence-electron chi connectivity index (χ0n) is 9.88. The number of aliphatic hydroxyl groups is 1. The lowest BCUT2D eigenvalue weighted by Crippen LogP contribution is -2.45. The molecule has 3 N–H and O–H groups in total. The summed E-state index contributed by atoms with van der Waals surface area (Å²) in [7, 11) is 0. The molecule has 6 nitrogen and oxygen atoms in total. The molecule has 2 atom stereocenters. The van der Waals surface area contributed by atoms with Gasteiger partial charge < -0.3 is 20.4 Å². The molecule has 0 bridgehead atoms. The van der Waals surface area contributed by atoms with Crippen molar-refractivity contribution < 1.29 is 19.8 Å². The molecule has 8 heteroatoms. The molecule has 0 radical (unpaired) electrons. The molecule has 2 heterocycles. The van der Waals surface area contributed by atoms with E-state index in [-0.39, 0.29) is 13.0 Å². The Balaban J connectivity index is 1.93. The van der Waals surface area contributed by atoms with E-state index in [1.807, 2.05) is 11.4 Å². The van der Waals surface area contributed by atoms with E-state index in [2.05, 4.69) is 21.2 Å². The van der Waals surface area contributed by atoms with Crippen molar-refractivity contribution in [1.82, 2.24) is 10.2 Å². The van der Waals surface area contributed by atoms with Crippen molar-refractivity contribution in [3.05, 3.63) is 20.8 Å². The molecule has 1 fully saturated rings. The molecular weight excluding hydrogens is 336 g/mol. The number of β-amino-alcohol motifs (C(OH)–C–C–N with tert-alkyl or cyclic N) is 1. The predicted octanol–water partition coefficient (Wildman–Crippen LogP) is 1.24. The second-order valence-electron chi connectivity index (χ2n) is 4.29. The number of hydrogen-bond acceptors (Lipinski definition) is 4. The van der Waals surface area contributed by atoms with Gasteiger partial charge in [0.25, 0.3) is 0 Å². The molecule has 0 spiro atoms. The number of rotatable bonds is 3. The quantitative estimate of drug-likeness (QED) is 0.766. The van der Waals surface area contributed by atoms with Gasteiger partial charge in [-0.15, -0.1) is 11.3 Å². The summed E-state index contributed by atoms with van der Waals surface area (Å²) in [5.74, 6) is -1.09. The number of nitrogens with zero attached hydrogens (tertiary/aromatic N) is 1. The molecule has 1 aromatic rings. The number of carboxylic acids is 1. The molecule has 2 rings (SSSR count). The van der Waals surface area contributed by atoms with Crippen LogP contribution in [-0.2, 0) is 11.3 Å². The van der Waals surface area contributed by atoms with E-state index in [1.165, 1.54) is 11.3 Å². The summed E-state index contributed by atoms with van der Waals surface area (Å²) in [4.78, 5) is 25.0. The van der Waals surface area contributed by atoms with Crippen molar-refractivity contribution in [3.8, 4) is 0 Å². The van der Waals surface area contributed by atoms with E-state index < -0.39 is 24.1 Å². The molecule has 0 saturated carbocycles. The van der Waals surface area contributed by atoms with Gasteiger partial charge in [0, 0.05) is 27.7 Å². The summed E-state index contributed by atoms with van der Waals surface area (Å²) in [6.45, 7) is 0.394. The SMILES string of the molecule is O=C(O)C1CC(O)CN1C(=O)NCc1cc(Br)cs1. The van der Waals surface area contributed by atoms with Gasteiger partial charge in [-0.2, -0.15) is 0 Å². The molecule has 2 unspecified atom stereocenters. The smallest absolute Gasteiger partial charge is 0.326 e. The van der Waals surface area contributed by atoms with E-state index >= 15 is 0 Å². The van der Waals surface area contributed by atoms with Gasteiger partial charge in [-0.3, -0.25) is 0 Å². The fraction of sp³-hybridized carbons (Fsp3) is 0.455. The Morgan fingerprint density at radius 1 is 1.58 bits per heavy atom. The number of likely N-dealkylation sites (tertiary alicyclic amines) is 1. The van der Waals surface area contributed by atoms with Crippen LogP contribution in [0, 0.1) is 0 Å². The lowest BCUT2D eigenvalue weighted by Gasteiger charge is -2.21. The molecule has 1 aliphatic heterocycles. The van der Waals surface area contributed by atoms with Gasteiger partial charge in [-0.25, -0.2) is 9.59 Å². The van der Waals surface area contributed by atoms with Crippen molar-refractivity contribution in [1.29, 1.82) is 0 Å². The lowest BCUT2D eigenvalue weighted by molar-refractivity contribution is -0.141. The Bertz CT molecular complexity index is 493. The molecule has 0 aromatic carbocycles. The maximum Gasteiger partial charge on any atom is 0.326 e. The van der Waals surface area contributed by atoms with Crippen LogP contribution in [0.5, 0.6) is 0 Å². The summed E-state index contributed by atoms with van der Waals surface area (Å²) < 4.78 is 0.946. The van der Waals surface area contributed by atoms with Crippen molar-refractivity contribution in [3.63, 3.8) is 0 Å². The van der Waals surface area contributed by atoms with Crippen molar-refractivity contribution >= 4 is 39.3 Å². The first-order valence-electron chi connectivity index (χ1n) is 5.65. The third-order valence-corrected chi connectivity index (χ3v) is 4.56. The number of urea groups is 1. The van der Waals surface area contributed by atoms with Gasteiger partial charge >= 0.3 is 12.0 Å². The van der Waals surface area contributed by atoms with Crippen LogP contribution in [0.2, 0.25) is 0 Å². The predicted molar refractivity (Wildman–Crippen MR) is 73.0 cm³/mol. The van der Waals surface area contributed by atoms with E-state index in [1.54, 1.807) is 0 Å². The van der Waals surface area contributed by atoms with Crippen LogP contribution < -0.4 is 5.32 Å². The van der Waals surface area contributed by atoms with Gasteiger partial charge in [0.2, 0.25) is 0 Å². The monoisotopic (exact) mass is 348 g/mol. The highest BCUT2D eigenvalue weighted by Gasteiger charge is 2.38. The van der Waals surface area contributed by atoms with Gasteiger partial charge in [0.1, 0.15) is 6.04 Å². The number of hydrogen-bond donors (Lipinski definition) is 3. The Morgan fingerprint density at radius 2 is 2.32 bits per heavy atom. The van der Waals surface area contributed by atoms with E-state index in [4.69, 9.17) is 5.11 Å². The number of thiophene rings is 1. The summed E-state index contributed by atoms with van der Waals surface area (Å²) in [5, 5.41) is 23.0. The van der Waals surface area contributed by atoms with Crippen molar-refractivity contribution in [2.45, 2.75) is 25.1 Å². The Hall–Kier alpha value is -1.12. The highest BCUT2D eigenvalue weighted by Crippen LogP contribution is 2.21. The Morgan fingerprint density at radius 3 is 2.89 bits per heavy atom. The average Bonchev–Trinajstić information content (AvgIpc) is 2.92. The molecule has 0 aliphatic carbocycles. The highest BCUT2D eigenvalue weighted by atomic mass is 79.9. The standard InChI is InChI=1S/C11H13BrN2O4S/c12-6-1-8(19-5-6)3-13-11(18)14-4-7(15)2-9(14)10(16)17/h1,5,7,9,15H,2-4H2,(H,13,18)(H,16,17). The first-order valence-corrected chi connectivity index (χ1v) is 7.33. The van der Waals surface area contributed by atoms with E-state index in [0.29, 0.717) is 6.54 Å². The summed E-state index contributed by atoms with van der Waals surface area (Å²) >= 11 is 4.81. The summed E-state index contributed by atoms with van der Waals surface area (Å²) in [5.41, 5.74) is 0. The van der Waals surface area contributed by atoms with Gasteiger partial charge in [-0.1, -0.05) is 0 Å². The number of carbonyl (C=O) groups excluding carboxylic acids is 1. The van der Waals surface area contributed by atoms with E-state index in [9.17, 15) is 14.7 Å². The largest absolute Gasteiger partial charge is 0.480 e. The molecule has 1 aromatic heterocycles. The van der Waals surface area contributed by atoms with Crippen LogP contribution >= 0.6 is 27.3 Å². The number of carbonyl (C=O) groups is 2. The summed E-state index contributed by atoms with van der Waals surface area (Å²) in [6, 6.07) is 0.469. The minimum atomic E-state index is -1.09. The molecule has 2 amide bonds. The van der Waals surface area contributed by atoms with Crippen molar-refractivity contribution in [2.75, 3.05) is 6.54 Å². The molecule has 19 heavy (non-hydrogen) atoms. The van der Waals surface area contributed by atoms with Gasteiger partial charge in [0.15, 0.2) is 0 Å². The summed E-state index contributed by atoms with van der Waals surface area (Å²) in [6.07, 6.45) is -0.699. The highest BCUT2D eigenvalue weighted by molar-refractivity contribution is 9.10. The first-order chi connectivity index (χ1) is 8.97. The maximum absolute atomic E-state index is 11.9. The van der Waals surface area contributed by atoms with Crippen LogP contribution in [0.1, 0.15) is 11.3 Å². The van der Waals surface area contributed by atoms with Crippen molar-refractivity contribution in [2.24, 2.45) is 0 Å². The number of aliphatic hydroxyl groups excluding tert-OH is 1. The number of halogens is 1. The van der Waals surface area contributed by atoms with Crippen LogP contribution in [0.4, 0.5) is 4.79 Å². The fourth-order valence-corrected chi connectivity index (χ4v) is 3.37. The van der Waals surface area contributed by atoms with Crippen LogP contribution in [0.25, 0.3) is 0 Å². The third kappa shape index (κ3) is 3.46. The minimum absolute atomic E-state index is 0.0525. The topological polar surface area (TPSA) is 89.9 Å². The molecule has 1 saturated heterocycles. The second kappa shape index (κ2) is 5.89. The zero-order chi connectivity index (χ0) is 14.0. The first kappa shape index (κ1) is 14.3. The maximum atomic E-state index is 11.9. The normalized spacial score (nSPS) is 22.5. The average molecular weight is 349 g/mol. The Labute approximate surface area is 122 Å². The van der Waals surface area contributed by atoms with E-state index in [0.717, 1.165) is 14.2 Å². The number of nitrogens with one attached hydrogen (secondary N) is 1. The van der Waals surface area contributed by atoms with Gasteiger partial charge in [-0.05, 0) is 22.0 Å². The fourth-order valence-electron chi connectivity index (χ4n) is 1.98. The van der Waals surface area contributed by atoms with Crippen LogP contribution in [-0.4, -0.2) is 45.8 Å².